The molecule has 2 aromatic rings. The van der Waals surface area contributed by atoms with E-state index in [2.05, 4.69) is 57.0 Å². The van der Waals surface area contributed by atoms with Crippen LogP contribution in [0.3, 0.4) is 0 Å². The number of ketones is 1. The number of allylic oxidation sites excluding steroid dienone is 2. The first-order valence-corrected chi connectivity index (χ1v) is 14.7. The van der Waals surface area contributed by atoms with E-state index in [1.807, 2.05) is 38.1 Å². The minimum atomic E-state index is -0.509. The molecular formula is C30H32Br2N2O3. The van der Waals surface area contributed by atoms with Gasteiger partial charge in [0.05, 0.1) is 23.1 Å². The molecule has 0 fully saturated rings. The van der Waals surface area contributed by atoms with Gasteiger partial charge in [-0.15, -0.1) is 0 Å². The number of halogens is 2. The van der Waals surface area contributed by atoms with Gasteiger partial charge in [0, 0.05) is 34.7 Å². The highest BCUT2D eigenvalue weighted by molar-refractivity contribution is 9.10. The van der Waals surface area contributed by atoms with Crippen LogP contribution in [-0.2, 0) is 16.7 Å². The monoisotopic (exact) mass is 626 g/mol. The SMILES string of the molecule is CCCC1CC(=O)C2=C(C1)N=C(C)C(C#N)C2c1cc(Br)c(OCc2cccc(CBr)c2)c(OCC)c1. The van der Waals surface area contributed by atoms with Crippen molar-refractivity contribution >= 4 is 43.4 Å². The Morgan fingerprint density at radius 1 is 1.14 bits per heavy atom. The molecule has 3 atom stereocenters. The van der Waals surface area contributed by atoms with Gasteiger partial charge in [0.2, 0.25) is 0 Å². The van der Waals surface area contributed by atoms with Gasteiger partial charge in [0.1, 0.15) is 6.61 Å². The van der Waals surface area contributed by atoms with Crippen LogP contribution in [0.5, 0.6) is 11.5 Å². The summed E-state index contributed by atoms with van der Waals surface area (Å²) in [6, 6.07) is 14.5. The Morgan fingerprint density at radius 2 is 1.92 bits per heavy atom. The number of nitriles is 1. The molecule has 4 rings (SSSR count). The zero-order valence-electron chi connectivity index (χ0n) is 21.5. The van der Waals surface area contributed by atoms with Crippen LogP contribution in [0.15, 0.2) is 57.1 Å². The van der Waals surface area contributed by atoms with E-state index in [4.69, 9.17) is 14.5 Å². The first-order chi connectivity index (χ1) is 17.9. The van der Waals surface area contributed by atoms with Crippen molar-refractivity contribution in [2.75, 3.05) is 6.61 Å². The van der Waals surface area contributed by atoms with Crippen LogP contribution in [0.25, 0.3) is 0 Å². The topological polar surface area (TPSA) is 71.7 Å². The number of rotatable bonds is 9. The number of hydrogen-bond donors (Lipinski definition) is 0. The normalized spacial score (nSPS) is 21.2. The van der Waals surface area contributed by atoms with E-state index >= 15 is 0 Å². The largest absolute Gasteiger partial charge is 0.490 e. The predicted octanol–water partition coefficient (Wildman–Crippen LogP) is 8.05. The number of Topliss-reactive ketones (excluding diaryl/α,β-unsaturated/α-hetero) is 1. The number of ether oxygens (including phenoxy) is 2. The molecule has 0 radical (unpaired) electrons. The quantitative estimate of drug-likeness (QED) is 0.264. The number of alkyl halides is 1. The summed E-state index contributed by atoms with van der Waals surface area (Å²) in [7, 11) is 0. The lowest BCUT2D eigenvalue weighted by Crippen LogP contribution is -2.32. The van der Waals surface area contributed by atoms with Crippen LogP contribution in [-0.4, -0.2) is 18.1 Å². The van der Waals surface area contributed by atoms with Gasteiger partial charge in [0.25, 0.3) is 0 Å². The van der Waals surface area contributed by atoms with E-state index in [0.717, 1.165) is 51.6 Å². The fourth-order valence-electron chi connectivity index (χ4n) is 5.41. The molecule has 37 heavy (non-hydrogen) atoms. The Kier molecular flexibility index (Phi) is 9.26. The van der Waals surface area contributed by atoms with E-state index in [1.165, 1.54) is 5.56 Å². The molecular weight excluding hydrogens is 596 g/mol. The zero-order valence-corrected chi connectivity index (χ0v) is 24.7. The maximum atomic E-state index is 13.4. The molecule has 2 aromatic carbocycles. The molecule has 0 aromatic heterocycles. The van der Waals surface area contributed by atoms with Crippen molar-refractivity contribution in [3.8, 4) is 17.6 Å². The van der Waals surface area contributed by atoms with Gasteiger partial charge in [-0.25, -0.2) is 0 Å². The van der Waals surface area contributed by atoms with Gasteiger partial charge < -0.3 is 9.47 Å². The number of carbonyl (C=O) groups is 1. The lowest BCUT2D eigenvalue weighted by Gasteiger charge is -2.35. The van der Waals surface area contributed by atoms with Gasteiger partial charge in [-0.1, -0.05) is 53.5 Å². The van der Waals surface area contributed by atoms with Gasteiger partial charge in [-0.3, -0.25) is 9.79 Å². The minimum Gasteiger partial charge on any atom is -0.490 e. The Hall–Kier alpha value is -2.43. The molecule has 1 aliphatic carbocycles. The van der Waals surface area contributed by atoms with Crippen molar-refractivity contribution in [3.63, 3.8) is 0 Å². The lowest BCUT2D eigenvalue weighted by molar-refractivity contribution is -0.117. The second kappa shape index (κ2) is 12.4. The number of benzene rings is 2. The standard InChI is InChI=1S/C30H32Br2N2O3/c1-4-7-19-11-25-29(26(35)12-19)28(23(16-33)18(3)34-25)22-13-24(32)30(27(14-22)36-5-2)37-17-21-9-6-8-20(10-21)15-31/h6,8-10,13-14,19,23,28H,4-5,7,11-12,15,17H2,1-3H3. The second-order valence-electron chi connectivity index (χ2n) is 9.69. The maximum absolute atomic E-state index is 13.4. The predicted molar refractivity (Wildman–Crippen MR) is 153 cm³/mol. The molecule has 5 nitrogen and oxygen atoms in total. The van der Waals surface area contributed by atoms with Crippen LogP contribution >= 0.6 is 31.9 Å². The van der Waals surface area contributed by atoms with E-state index < -0.39 is 5.92 Å². The summed E-state index contributed by atoms with van der Waals surface area (Å²) in [5.41, 5.74) is 5.41. The van der Waals surface area contributed by atoms with Crippen molar-refractivity contribution in [3.05, 3.63) is 68.8 Å². The Labute approximate surface area is 236 Å². The molecule has 0 spiro atoms. The van der Waals surface area contributed by atoms with Crippen LogP contribution in [0.2, 0.25) is 0 Å². The van der Waals surface area contributed by atoms with Crippen molar-refractivity contribution in [2.45, 2.75) is 64.3 Å². The first kappa shape index (κ1) is 27.6. The zero-order chi connectivity index (χ0) is 26.5. The molecule has 2 aliphatic rings. The smallest absolute Gasteiger partial charge is 0.175 e. The molecule has 0 saturated heterocycles. The van der Waals surface area contributed by atoms with Gasteiger partial charge in [-0.2, -0.15) is 5.26 Å². The summed E-state index contributed by atoms with van der Waals surface area (Å²) < 4.78 is 13.0. The number of hydrogen-bond acceptors (Lipinski definition) is 5. The van der Waals surface area contributed by atoms with E-state index in [-0.39, 0.29) is 11.7 Å². The van der Waals surface area contributed by atoms with Gasteiger partial charge in [-0.05, 0) is 77.4 Å². The van der Waals surface area contributed by atoms with Crippen molar-refractivity contribution < 1.29 is 14.3 Å². The third-order valence-corrected chi connectivity index (χ3v) is 8.27. The number of carbonyl (C=O) groups excluding carboxylic acids is 1. The molecule has 1 heterocycles. The van der Waals surface area contributed by atoms with Crippen LogP contribution < -0.4 is 9.47 Å². The molecule has 7 heteroatoms. The van der Waals surface area contributed by atoms with Gasteiger partial charge >= 0.3 is 0 Å². The lowest BCUT2D eigenvalue weighted by atomic mass is 9.70. The van der Waals surface area contributed by atoms with E-state index in [1.54, 1.807) is 0 Å². The molecule has 194 valence electrons. The summed E-state index contributed by atoms with van der Waals surface area (Å²) in [5.74, 6) is 0.739. The Morgan fingerprint density at radius 3 is 2.62 bits per heavy atom. The second-order valence-corrected chi connectivity index (χ2v) is 11.1. The summed E-state index contributed by atoms with van der Waals surface area (Å²) in [5, 5.41) is 10.9. The molecule has 3 unspecified atom stereocenters. The van der Waals surface area contributed by atoms with Crippen LogP contribution in [0.1, 0.15) is 69.1 Å². The fourth-order valence-corrected chi connectivity index (χ4v) is 6.33. The summed E-state index contributed by atoms with van der Waals surface area (Å²) in [6.07, 6.45) is 3.35. The molecule has 0 N–H and O–H groups in total. The summed E-state index contributed by atoms with van der Waals surface area (Å²) >= 11 is 7.20. The third kappa shape index (κ3) is 6.02. The van der Waals surface area contributed by atoms with Gasteiger partial charge in [0.15, 0.2) is 17.3 Å². The Balaban J connectivity index is 1.72. The highest BCUT2D eigenvalue weighted by Gasteiger charge is 2.41. The van der Waals surface area contributed by atoms with Crippen molar-refractivity contribution in [1.29, 1.82) is 5.26 Å². The minimum absolute atomic E-state index is 0.113. The highest BCUT2D eigenvalue weighted by Crippen LogP contribution is 2.48. The average molecular weight is 628 g/mol. The molecule has 0 amide bonds. The Bertz CT molecular complexity index is 1280. The van der Waals surface area contributed by atoms with Crippen molar-refractivity contribution in [1.82, 2.24) is 0 Å². The molecule has 1 aliphatic heterocycles. The summed E-state index contributed by atoms with van der Waals surface area (Å²) in [6.45, 7) is 6.83. The fraction of sp³-hybridized carbons (Fsp3) is 0.433. The van der Waals surface area contributed by atoms with Crippen molar-refractivity contribution in [2.24, 2.45) is 16.8 Å². The first-order valence-electron chi connectivity index (χ1n) is 12.8. The van der Waals surface area contributed by atoms with E-state index in [9.17, 15) is 10.1 Å². The number of nitrogens with zero attached hydrogens (tertiary/aromatic N) is 2. The third-order valence-electron chi connectivity index (χ3n) is 7.03. The number of aliphatic imine (C=N–C) groups is 1. The van der Waals surface area contributed by atoms with E-state index in [0.29, 0.717) is 42.6 Å². The average Bonchev–Trinajstić information content (AvgIpc) is 2.87. The van der Waals surface area contributed by atoms with Crippen LogP contribution in [0, 0.1) is 23.2 Å². The highest BCUT2D eigenvalue weighted by atomic mass is 79.9. The van der Waals surface area contributed by atoms with Crippen LogP contribution in [0.4, 0.5) is 0 Å². The summed E-state index contributed by atoms with van der Waals surface area (Å²) in [4.78, 5) is 18.2. The molecule has 0 saturated carbocycles. The molecule has 0 bridgehead atoms. The maximum Gasteiger partial charge on any atom is 0.175 e.